The second-order valence-electron chi connectivity index (χ2n) is 6.04. The molecule has 1 atom stereocenters. The van der Waals surface area contributed by atoms with Crippen LogP contribution < -0.4 is 5.73 Å². The molecule has 0 amide bonds. The molecule has 2 saturated heterocycles. The number of piperidine rings is 1. The summed E-state index contributed by atoms with van der Waals surface area (Å²) in [5.41, 5.74) is 5.92. The van der Waals surface area contributed by atoms with Crippen LogP contribution in [0.25, 0.3) is 0 Å². The van der Waals surface area contributed by atoms with Crippen LogP contribution in [0.15, 0.2) is 0 Å². The Morgan fingerprint density at radius 2 is 2.17 bits per heavy atom. The Bertz CT molecular complexity index is 282. The van der Waals surface area contributed by atoms with E-state index in [1.165, 1.54) is 32.2 Å². The largest absolute Gasteiger partial charge is 0.393 e. The normalized spacial score (nSPS) is 28.4. The Labute approximate surface area is 116 Å². The van der Waals surface area contributed by atoms with Gasteiger partial charge in [-0.2, -0.15) is 0 Å². The first-order chi connectivity index (χ1) is 8.60. The Hall–Kier alpha value is -0.190. The molecule has 2 aliphatic rings. The topological polar surface area (TPSA) is 38.5 Å². The molecule has 2 N–H and O–H groups in total. The van der Waals surface area contributed by atoms with Gasteiger partial charge in [-0.05, 0) is 58.2 Å². The van der Waals surface area contributed by atoms with Gasteiger partial charge < -0.3 is 15.4 Å². The summed E-state index contributed by atoms with van der Waals surface area (Å²) < 4.78 is 5.65. The van der Waals surface area contributed by atoms with Crippen molar-refractivity contribution in [1.29, 1.82) is 0 Å². The summed E-state index contributed by atoms with van der Waals surface area (Å²) in [6, 6.07) is 0. The van der Waals surface area contributed by atoms with Gasteiger partial charge in [0, 0.05) is 12.0 Å². The quantitative estimate of drug-likeness (QED) is 0.778. The van der Waals surface area contributed by atoms with Crippen molar-refractivity contribution in [2.45, 2.75) is 51.6 Å². The smallest absolute Gasteiger partial charge is 0.0788 e. The predicted molar refractivity (Wildman–Crippen MR) is 78.8 cm³/mol. The van der Waals surface area contributed by atoms with E-state index in [0.717, 1.165) is 32.5 Å². The lowest BCUT2D eigenvalue weighted by Crippen LogP contribution is -2.44. The van der Waals surface area contributed by atoms with Crippen molar-refractivity contribution in [3.05, 3.63) is 0 Å². The molecule has 0 aromatic carbocycles. The molecule has 0 radical (unpaired) electrons. The van der Waals surface area contributed by atoms with Crippen molar-refractivity contribution in [2.75, 3.05) is 26.2 Å². The van der Waals surface area contributed by atoms with Crippen LogP contribution in [-0.2, 0) is 4.74 Å². The highest BCUT2D eigenvalue weighted by Crippen LogP contribution is 2.31. The molecule has 0 saturated carbocycles. The van der Waals surface area contributed by atoms with Crippen molar-refractivity contribution in [1.82, 2.24) is 4.90 Å². The Morgan fingerprint density at radius 3 is 2.72 bits per heavy atom. The summed E-state index contributed by atoms with van der Waals surface area (Å²) in [6.45, 7) is 6.66. The molecule has 18 heavy (non-hydrogen) atoms. The van der Waals surface area contributed by atoms with Crippen molar-refractivity contribution < 1.29 is 4.74 Å². The molecule has 2 heterocycles. The predicted octanol–water partition coefficient (Wildman–Crippen LogP) is 2.33. The molecular formula is C14H26N2OS. The number of nitrogens with two attached hydrogens (primary N) is 1. The summed E-state index contributed by atoms with van der Waals surface area (Å²) in [5.74, 6) is 0. The summed E-state index contributed by atoms with van der Waals surface area (Å²) in [6.07, 6.45) is 7.76. The Balaban J connectivity index is 1.63. The fourth-order valence-electron chi connectivity index (χ4n) is 2.93. The van der Waals surface area contributed by atoms with Crippen LogP contribution in [0.5, 0.6) is 0 Å². The van der Waals surface area contributed by atoms with Gasteiger partial charge in [0.25, 0.3) is 0 Å². The second kappa shape index (κ2) is 6.31. The van der Waals surface area contributed by atoms with Crippen LogP contribution in [0.3, 0.4) is 0 Å². The number of nitrogens with zero attached hydrogens (tertiary/aromatic N) is 1. The van der Waals surface area contributed by atoms with Gasteiger partial charge in [-0.1, -0.05) is 19.1 Å². The molecule has 0 aromatic rings. The van der Waals surface area contributed by atoms with E-state index in [2.05, 4.69) is 11.8 Å². The molecule has 2 fully saturated rings. The lowest BCUT2D eigenvalue weighted by atomic mass is 9.80. The van der Waals surface area contributed by atoms with Crippen molar-refractivity contribution in [2.24, 2.45) is 11.1 Å². The molecule has 4 heteroatoms. The maximum Gasteiger partial charge on any atom is 0.0788 e. The molecule has 0 spiro atoms. The molecule has 2 aliphatic heterocycles. The monoisotopic (exact) mass is 270 g/mol. The third-order valence-electron chi connectivity index (χ3n) is 4.58. The first kappa shape index (κ1) is 14.2. The van der Waals surface area contributed by atoms with E-state index in [1.807, 2.05) is 0 Å². The van der Waals surface area contributed by atoms with E-state index in [0.29, 0.717) is 11.1 Å². The maximum absolute atomic E-state index is 5.83. The van der Waals surface area contributed by atoms with Crippen LogP contribution >= 0.6 is 12.2 Å². The third kappa shape index (κ3) is 3.65. The van der Waals surface area contributed by atoms with E-state index in [9.17, 15) is 0 Å². The van der Waals surface area contributed by atoms with Crippen molar-refractivity contribution >= 4 is 17.2 Å². The first-order valence-corrected chi connectivity index (χ1v) is 7.65. The van der Waals surface area contributed by atoms with E-state index < -0.39 is 0 Å². The highest BCUT2D eigenvalue weighted by atomic mass is 32.1. The average Bonchev–Trinajstić information content (AvgIpc) is 2.85. The van der Waals surface area contributed by atoms with E-state index in [-0.39, 0.29) is 5.41 Å². The van der Waals surface area contributed by atoms with Crippen LogP contribution in [0, 0.1) is 5.41 Å². The van der Waals surface area contributed by atoms with Crippen LogP contribution in [0.1, 0.15) is 45.4 Å². The highest BCUT2D eigenvalue weighted by molar-refractivity contribution is 7.80. The first-order valence-electron chi connectivity index (χ1n) is 7.24. The van der Waals surface area contributed by atoms with Gasteiger partial charge >= 0.3 is 0 Å². The van der Waals surface area contributed by atoms with Crippen LogP contribution in [0.4, 0.5) is 0 Å². The van der Waals surface area contributed by atoms with Gasteiger partial charge in [0.15, 0.2) is 0 Å². The van der Waals surface area contributed by atoms with E-state index >= 15 is 0 Å². The lowest BCUT2D eigenvalue weighted by Gasteiger charge is -2.38. The van der Waals surface area contributed by atoms with Gasteiger partial charge in [0.1, 0.15) is 0 Å². The molecule has 3 nitrogen and oxygen atoms in total. The summed E-state index contributed by atoms with van der Waals surface area (Å²) in [5, 5.41) is 0. The van der Waals surface area contributed by atoms with Crippen LogP contribution in [-0.4, -0.2) is 42.2 Å². The zero-order valence-electron chi connectivity index (χ0n) is 11.5. The maximum atomic E-state index is 5.83. The van der Waals surface area contributed by atoms with Crippen LogP contribution in [0.2, 0.25) is 0 Å². The SMILES string of the molecule is CC1(C(N)=S)CCN(CCCC2CCCO2)CC1. The Morgan fingerprint density at radius 1 is 1.44 bits per heavy atom. The molecule has 0 aromatic heterocycles. The van der Waals surface area contributed by atoms with E-state index in [4.69, 9.17) is 22.7 Å². The van der Waals surface area contributed by atoms with E-state index in [1.54, 1.807) is 0 Å². The van der Waals surface area contributed by atoms with Gasteiger partial charge in [-0.15, -0.1) is 0 Å². The molecule has 1 unspecified atom stereocenters. The van der Waals surface area contributed by atoms with Crippen molar-refractivity contribution in [3.63, 3.8) is 0 Å². The number of likely N-dealkylation sites (tertiary alicyclic amines) is 1. The third-order valence-corrected chi connectivity index (χ3v) is 5.07. The second-order valence-corrected chi connectivity index (χ2v) is 6.48. The number of thiocarbonyl (C=S) groups is 1. The Kier molecular flexibility index (Phi) is 4.98. The fraction of sp³-hybridized carbons (Fsp3) is 0.929. The number of rotatable bonds is 5. The van der Waals surface area contributed by atoms with Crippen molar-refractivity contribution in [3.8, 4) is 0 Å². The fourth-order valence-corrected chi connectivity index (χ4v) is 3.14. The minimum atomic E-state index is 0.0976. The summed E-state index contributed by atoms with van der Waals surface area (Å²) >= 11 is 5.17. The minimum Gasteiger partial charge on any atom is -0.393 e. The number of hydrogen-bond acceptors (Lipinski definition) is 3. The minimum absolute atomic E-state index is 0.0976. The summed E-state index contributed by atoms with van der Waals surface area (Å²) in [4.78, 5) is 3.25. The van der Waals surface area contributed by atoms with Gasteiger partial charge in [0.2, 0.25) is 0 Å². The molecule has 104 valence electrons. The zero-order valence-corrected chi connectivity index (χ0v) is 12.3. The lowest BCUT2D eigenvalue weighted by molar-refractivity contribution is 0.0947. The van der Waals surface area contributed by atoms with Gasteiger partial charge in [-0.25, -0.2) is 0 Å². The standard InChI is InChI=1S/C14H26N2OS/c1-14(13(15)18)6-9-16(10-7-14)8-2-4-12-5-3-11-17-12/h12H,2-11H2,1H3,(H2,15,18). The number of hydrogen-bond donors (Lipinski definition) is 1. The highest BCUT2D eigenvalue weighted by Gasteiger charge is 2.32. The number of ether oxygens (including phenoxy) is 1. The zero-order chi connectivity index (χ0) is 13.0. The van der Waals surface area contributed by atoms with Gasteiger partial charge in [0.05, 0.1) is 11.1 Å². The molecular weight excluding hydrogens is 244 g/mol. The molecule has 2 rings (SSSR count). The average molecular weight is 270 g/mol. The molecule has 0 bridgehead atoms. The summed E-state index contributed by atoms with van der Waals surface area (Å²) in [7, 11) is 0. The van der Waals surface area contributed by atoms with Gasteiger partial charge in [-0.3, -0.25) is 0 Å². The molecule has 0 aliphatic carbocycles.